The molecular formula is C14H13ClN2OS. The zero-order valence-corrected chi connectivity index (χ0v) is 12.0. The fraction of sp³-hybridized carbons (Fsp3) is 0.214. The molecule has 1 aliphatic heterocycles. The van der Waals surface area contributed by atoms with Gasteiger partial charge in [0.15, 0.2) is 0 Å². The Labute approximate surface area is 120 Å². The third-order valence-corrected chi connectivity index (χ3v) is 4.38. The lowest BCUT2D eigenvalue weighted by Crippen LogP contribution is -2.03. The van der Waals surface area contributed by atoms with E-state index in [-0.39, 0.29) is 5.91 Å². The summed E-state index contributed by atoms with van der Waals surface area (Å²) in [6.07, 6.45) is 0.430. The highest BCUT2D eigenvalue weighted by Gasteiger charge is 2.19. The van der Waals surface area contributed by atoms with Gasteiger partial charge in [-0.1, -0.05) is 11.6 Å². The highest BCUT2D eigenvalue weighted by Crippen LogP contribution is 2.33. The van der Waals surface area contributed by atoms with Gasteiger partial charge < -0.3 is 10.6 Å². The number of rotatable bonds is 3. The fourth-order valence-corrected chi connectivity index (χ4v) is 3.21. The van der Waals surface area contributed by atoms with Crippen LogP contribution in [-0.2, 0) is 17.8 Å². The van der Waals surface area contributed by atoms with Gasteiger partial charge in [-0.25, -0.2) is 0 Å². The highest BCUT2D eigenvalue weighted by atomic mass is 35.5. The van der Waals surface area contributed by atoms with Crippen molar-refractivity contribution in [3.63, 3.8) is 0 Å². The van der Waals surface area contributed by atoms with Gasteiger partial charge in [-0.05, 0) is 36.8 Å². The summed E-state index contributed by atoms with van der Waals surface area (Å²) in [7, 11) is 0. The number of benzene rings is 1. The second-order valence-electron chi connectivity index (χ2n) is 4.58. The maximum Gasteiger partial charge on any atom is 0.228 e. The largest absolute Gasteiger partial charge is 0.379 e. The van der Waals surface area contributed by atoms with Crippen LogP contribution in [0.3, 0.4) is 0 Å². The van der Waals surface area contributed by atoms with E-state index in [9.17, 15) is 4.79 Å². The van der Waals surface area contributed by atoms with Gasteiger partial charge in [-0.15, -0.1) is 11.3 Å². The van der Waals surface area contributed by atoms with Crippen molar-refractivity contribution in [3.8, 4) is 0 Å². The maximum absolute atomic E-state index is 11.3. The zero-order chi connectivity index (χ0) is 13.4. The third-order valence-electron chi connectivity index (χ3n) is 3.07. The number of hydrogen-bond acceptors (Lipinski definition) is 3. The summed E-state index contributed by atoms with van der Waals surface area (Å²) < 4.78 is 0. The number of carbonyl (C=O) groups excluding carboxylic acids is 1. The Morgan fingerprint density at radius 2 is 2.26 bits per heavy atom. The number of carbonyl (C=O) groups is 1. The summed E-state index contributed by atoms with van der Waals surface area (Å²) in [4.78, 5) is 13.9. The van der Waals surface area contributed by atoms with Crippen LogP contribution in [0.5, 0.6) is 0 Å². The molecule has 5 heteroatoms. The smallest absolute Gasteiger partial charge is 0.228 e. The van der Waals surface area contributed by atoms with Crippen LogP contribution in [0.2, 0.25) is 5.02 Å². The molecule has 0 saturated heterocycles. The summed E-state index contributed by atoms with van der Waals surface area (Å²) in [5, 5.41) is 6.75. The van der Waals surface area contributed by atoms with Gasteiger partial charge >= 0.3 is 0 Å². The normalized spacial score (nSPS) is 13.3. The molecule has 0 saturated carbocycles. The Kier molecular flexibility index (Phi) is 3.21. The number of fused-ring (bicyclic) bond motifs is 1. The number of hydrogen-bond donors (Lipinski definition) is 2. The van der Waals surface area contributed by atoms with Crippen LogP contribution in [0.25, 0.3) is 0 Å². The second-order valence-corrected chi connectivity index (χ2v) is 6.36. The van der Waals surface area contributed by atoms with Crippen molar-refractivity contribution in [1.29, 1.82) is 0 Å². The molecule has 2 aromatic rings. The summed E-state index contributed by atoms with van der Waals surface area (Å²) in [6, 6.07) is 7.98. The Hall–Kier alpha value is -1.52. The predicted molar refractivity (Wildman–Crippen MR) is 80.2 cm³/mol. The van der Waals surface area contributed by atoms with E-state index in [0.717, 1.165) is 23.5 Å². The average molecular weight is 293 g/mol. The molecule has 1 amide bonds. The van der Waals surface area contributed by atoms with Gasteiger partial charge in [-0.3, -0.25) is 4.79 Å². The first-order valence-electron chi connectivity index (χ1n) is 6.03. The first-order chi connectivity index (χ1) is 9.11. The third kappa shape index (κ3) is 2.60. The molecule has 98 valence electrons. The quantitative estimate of drug-likeness (QED) is 0.903. The molecule has 1 aromatic carbocycles. The molecule has 1 aliphatic rings. The lowest BCUT2D eigenvalue weighted by molar-refractivity contribution is -0.115. The number of thiophene rings is 1. The van der Waals surface area contributed by atoms with Crippen molar-refractivity contribution < 1.29 is 4.79 Å². The number of amides is 1. The molecule has 0 atom stereocenters. The minimum Gasteiger partial charge on any atom is -0.379 e. The van der Waals surface area contributed by atoms with Gasteiger partial charge in [0.2, 0.25) is 5.91 Å². The Morgan fingerprint density at radius 1 is 1.42 bits per heavy atom. The SMILES string of the molecule is Cc1ccc(CNc2cc3c(cc2Cl)NC(=O)C3)s1. The standard InChI is InChI=1S/C14H13ClN2OS/c1-8-2-3-10(19-8)7-16-13-4-9-5-14(18)17-12(9)6-11(13)15/h2-4,6,16H,5,7H2,1H3,(H,17,18). The van der Waals surface area contributed by atoms with Crippen molar-refractivity contribution in [2.45, 2.75) is 19.9 Å². The zero-order valence-electron chi connectivity index (χ0n) is 10.4. The van der Waals surface area contributed by atoms with E-state index in [1.807, 2.05) is 12.1 Å². The minimum atomic E-state index is 0.0251. The lowest BCUT2D eigenvalue weighted by atomic mass is 10.1. The molecule has 1 aromatic heterocycles. The maximum atomic E-state index is 11.3. The van der Waals surface area contributed by atoms with Gasteiger partial charge in [0, 0.05) is 22.0 Å². The molecular weight excluding hydrogens is 280 g/mol. The van der Waals surface area contributed by atoms with E-state index in [0.29, 0.717) is 11.4 Å². The number of halogens is 1. The molecule has 0 bridgehead atoms. The van der Waals surface area contributed by atoms with E-state index < -0.39 is 0 Å². The number of nitrogens with one attached hydrogen (secondary N) is 2. The predicted octanol–water partition coefficient (Wildman–Crippen LogP) is 3.82. The molecule has 0 fully saturated rings. The molecule has 0 aliphatic carbocycles. The monoisotopic (exact) mass is 292 g/mol. The van der Waals surface area contributed by atoms with Crippen LogP contribution >= 0.6 is 22.9 Å². The van der Waals surface area contributed by atoms with Crippen LogP contribution in [0.4, 0.5) is 11.4 Å². The van der Waals surface area contributed by atoms with Crippen molar-refractivity contribution >= 4 is 40.2 Å². The Bertz CT molecular complexity index is 651. The highest BCUT2D eigenvalue weighted by molar-refractivity contribution is 7.11. The molecule has 2 N–H and O–H groups in total. The van der Waals surface area contributed by atoms with E-state index in [4.69, 9.17) is 11.6 Å². The van der Waals surface area contributed by atoms with Crippen molar-refractivity contribution in [2.75, 3.05) is 10.6 Å². The Balaban J connectivity index is 1.78. The number of anilines is 2. The minimum absolute atomic E-state index is 0.0251. The van der Waals surface area contributed by atoms with E-state index in [1.54, 1.807) is 11.3 Å². The lowest BCUT2D eigenvalue weighted by Gasteiger charge is -2.09. The Morgan fingerprint density at radius 3 is 3.00 bits per heavy atom. The summed E-state index contributed by atoms with van der Waals surface area (Å²) in [5.41, 5.74) is 2.70. The average Bonchev–Trinajstić information content (AvgIpc) is 2.91. The molecule has 0 radical (unpaired) electrons. The van der Waals surface area contributed by atoms with Crippen LogP contribution in [0, 0.1) is 6.92 Å². The van der Waals surface area contributed by atoms with E-state index in [2.05, 4.69) is 29.7 Å². The molecule has 3 rings (SSSR count). The molecule has 0 spiro atoms. The van der Waals surface area contributed by atoms with Gasteiger partial charge in [0.1, 0.15) is 0 Å². The van der Waals surface area contributed by atoms with Crippen LogP contribution in [0.1, 0.15) is 15.3 Å². The van der Waals surface area contributed by atoms with Crippen molar-refractivity contribution in [3.05, 3.63) is 44.6 Å². The molecule has 0 unspecified atom stereocenters. The summed E-state index contributed by atoms with van der Waals surface area (Å²) in [5.74, 6) is 0.0251. The first-order valence-corrected chi connectivity index (χ1v) is 7.23. The van der Waals surface area contributed by atoms with Crippen molar-refractivity contribution in [1.82, 2.24) is 0 Å². The van der Waals surface area contributed by atoms with E-state index >= 15 is 0 Å². The van der Waals surface area contributed by atoms with Gasteiger partial charge in [-0.2, -0.15) is 0 Å². The summed E-state index contributed by atoms with van der Waals surface area (Å²) >= 11 is 7.98. The van der Waals surface area contributed by atoms with Crippen LogP contribution < -0.4 is 10.6 Å². The molecule has 3 nitrogen and oxygen atoms in total. The van der Waals surface area contributed by atoms with E-state index in [1.165, 1.54) is 9.75 Å². The number of aryl methyl sites for hydroxylation is 1. The topological polar surface area (TPSA) is 41.1 Å². The van der Waals surface area contributed by atoms with Gasteiger partial charge in [0.05, 0.1) is 17.1 Å². The fourth-order valence-electron chi connectivity index (χ4n) is 2.15. The van der Waals surface area contributed by atoms with Crippen LogP contribution in [-0.4, -0.2) is 5.91 Å². The van der Waals surface area contributed by atoms with Crippen molar-refractivity contribution in [2.24, 2.45) is 0 Å². The van der Waals surface area contributed by atoms with Gasteiger partial charge in [0.25, 0.3) is 0 Å². The first kappa shape index (κ1) is 12.5. The second kappa shape index (κ2) is 4.87. The molecule has 19 heavy (non-hydrogen) atoms. The van der Waals surface area contributed by atoms with Crippen LogP contribution in [0.15, 0.2) is 24.3 Å². The molecule has 2 heterocycles. The summed E-state index contributed by atoms with van der Waals surface area (Å²) in [6.45, 7) is 2.84.